The molecule has 0 N–H and O–H groups in total. The van der Waals surface area contributed by atoms with Gasteiger partial charge in [0.05, 0.1) is 5.52 Å². The lowest BCUT2D eigenvalue weighted by Gasteiger charge is -2.37. The second kappa shape index (κ2) is 6.55. The van der Waals surface area contributed by atoms with Crippen molar-refractivity contribution in [2.24, 2.45) is 0 Å². The predicted molar refractivity (Wildman–Crippen MR) is 85.1 cm³/mol. The monoisotopic (exact) mass is 288 g/mol. The molecule has 1 aliphatic rings. The highest BCUT2D eigenvalue weighted by Crippen LogP contribution is 2.28. The maximum absolute atomic E-state index is 5.87. The number of hydrogen-bond acceptors (Lipinski definition) is 2. The van der Waals surface area contributed by atoms with E-state index >= 15 is 0 Å². The Morgan fingerprint density at radius 3 is 2.80 bits per heavy atom. The van der Waals surface area contributed by atoms with Crippen LogP contribution in [0.5, 0.6) is 0 Å². The van der Waals surface area contributed by atoms with Crippen molar-refractivity contribution in [1.29, 1.82) is 0 Å². The van der Waals surface area contributed by atoms with Crippen LogP contribution in [0, 0.1) is 0 Å². The lowest BCUT2D eigenvalue weighted by molar-refractivity contribution is 0.120. The van der Waals surface area contributed by atoms with Gasteiger partial charge in [-0.2, -0.15) is 0 Å². The standard InChI is InChI=1S/C17H21ClN2/c18-10-4-12-20(15-5-3-6-15)13-14-9-11-19-17-8-2-1-7-16(14)17/h1-2,7-9,11,15H,3-6,10,12-13H2. The van der Waals surface area contributed by atoms with Crippen LogP contribution in [-0.2, 0) is 6.54 Å². The number of fused-ring (bicyclic) bond motifs is 1. The zero-order chi connectivity index (χ0) is 13.8. The summed E-state index contributed by atoms with van der Waals surface area (Å²) in [5.74, 6) is 0.750. The fraction of sp³-hybridized carbons (Fsp3) is 0.471. The predicted octanol–water partition coefficient (Wildman–Crippen LogP) is 4.22. The van der Waals surface area contributed by atoms with Gasteiger partial charge in [-0.1, -0.05) is 24.6 Å². The van der Waals surface area contributed by atoms with Crippen LogP contribution < -0.4 is 0 Å². The molecule has 2 nitrogen and oxygen atoms in total. The van der Waals surface area contributed by atoms with Crippen LogP contribution >= 0.6 is 11.6 Å². The third-order valence-corrected chi connectivity index (χ3v) is 4.55. The summed E-state index contributed by atoms with van der Waals surface area (Å²) in [6.07, 6.45) is 7.05. The zero-order valence-corrected chi connectivity index (χ0v) is 12.5. The summed E-state index contributed by atoms with van der Waals surface area (Å²) in [7, 11) is 0. The Morgan fingerprint density at radius 2 is 2.05 bits per heavy atom. The molecule has 0 aliphatic heterocycles. The first-order chi connectivity index (χ1) is 9.88. The smallest absolute Gasteiger partial charge is 0.0705 e. The van der Waals surface area contributed by atoms with Gasteiger partial charge in [-0.05, 0) is 43.5 Å². The summed E-state index contributed by atoms with van der Waals surface area (Å²) >= 11 is 5.87. The summed E-state index contributed by atoms with van der Waals surface area (Å²) in [6.45, 7) is 2.12. The van der Waals surface area contributed by atoms with Gasteiger partial charge in [0.1, 0.15) is 0 Å². The van der Waals surface area contributed by atoms with Crippen LogP contribution in [-0.4, -0.2) is 28.4 Å². The van der Waals surface area contributed by atoms with Crippen LogP contribution in [0.3, 0.4) is 0 Å². The highest BCUT2D eigenvalue weighted by Gasteiger charge is 2.24. The molecule has 0 radical (unpaired) electrons. The van der Waals surface area contributed by atoms with Gasteiger partial charge in [0, 0.05) is 30.0 Å². The molecule has 106 valence electrons. The van der Waals surface area contributed by atoms with E-state index < -0.39 is 0 Å². The maximum Gasteiger partial charge on any atom is 0.0705 e. The molecule has 1 saturated carbocycles. The Kier molecular flexibility index (Phi) is 4.54. The molecule has 20 heavy (non-hydrogen) atoms. The van der Waals surface area contributed by atoms with Crippen molar-refractivity contribution >= 4 is 22.5 Å². The highest BCUT2D eigenvalue weighted by molar-refractivity contribution is 6.17. The molecule has 2 aromatic rings. The van der Waals surface area contributed by atoms with Gasteiger partial charge in [0.2, 0.25) is 0 Å². The van der Waals surface area contributed by atoms with Crippen LogP contribution in [0.4, 0.5) is 0 Å². The van der Waals surface area contributed by atoms with Crippen LogP contribution in [0.15, 0.2) is 36.5 Å². The van der Waals surface area contributed by atoms with Crippen LogP contribution in [0.25, 0.3) is 10.9 Å². The van der Waals surface area contributed by atoms with Crippen molar-refractivity contribution in [3.05, 3.63) is 42.1 Å². The van der Waals surface area contributed by atoms with Crippen molar-refractivity contribution in [3.63, 3.8) is 0 Å². The van der Waals surface area contributed by atoms with Gasteiger partial charge in [0.25, 0.3) is 0 Å². The first-order valence-electron chi connectivity index (χ1n) is 7.51. The highest BCUT2D eigenvalue weighted by atomic mass is 35.5. The minimum Gasteiger partial charge on any atom is -0.296 e. The van der Waals surface area contributed by atoms with Gasteiger partial charge >= 0.3 is 0 Å². The quantitative estimate of drug-likeness (QED) is 0.740. The van der Waals surface area contributed by atoms with Gasteiger partial charge in [-0.3, -0.25) is 9.88 Å². The Labute approximate surface area is 125 Å². The molecular weight excluding hydrogens is 268 g/mol. The number of alkyl halides is 1. The second-order valence-electron chi connectivity index (χ2n) is 5.58. The van der Waals surface area contributed by atoms with E-state index in [0.29, 0.717) is 0 Å². The molecule has 1 aromatic carbocycles. The first kappa shape index (κ1) is 13.8. The number of nitrogens with zero attached hydrogens (tertiary/aromatic N) is 2. The molecule has 1 aliphatic carbocycles. The molecule has 0 unspecified atom stereocenters. The molecule has 3 rings (SSSR count). The number of aromatic nitrogens is 1. The van der Waals surface area contributed by atoms with E-state index in [1.807, 2.05) is 6.20 Å². The first-order valence-corrected chi connectivity index (χ1v) is 8.04. The number of halogens is 1. The van der Waals surface area contributed by atoms with E-state index in [2.05, 4.69) is 40.2 Å². The SMILES string of the molecule is ClCCCN(Cc1ccnc2ccccc12)C1CCC1. The lowest BCUT2D eigenvalue weighted by atomic mass is 9.91. The average molecular weight is 289 g/mol. The van der Waals surface area contributed by atoms with Gasteiger partial charge in [-0.15, -0.1) is 11.6 Å². The molecule has 0 bridgehead atoms. The Hall–Kier alpha value is -1.12. The van der Waals surface area contributed by atoms with E-state index in [0.717, 1.165) is 36.9 Å². The summed E-state index contributed by atoms with van der Waals surface area (Å²) in [5, 5.41) is 1.28. The molecule has 0 saturated heterocycles. The number of benzene rings is 1. The maximum atomic E-state index is 5.87. The zero-order valence-electron chi connectivity index (χ0n) is 11.8. The number of para-hydroxylation sites is 1. The average Bonchev–Trinajstić information content (AvgIpc) is 2.43. The topological polar surface area (TPSA) is 16.1 Å². The molecular formula is C17H21ClN2. The fourth-order valence-electron chi connectivity index (χ4n) is 2.92. The molecule has 0 spiro atoms. The number of hydrogen-bond donors (Lipinski definition) is 0. The molecule has 0 atom stereocenters. The van der Waals surface area contributed by atoms with Gasteiger partial charge < -0.3 is 0 Å². The van der Waals surface area contributed by atoms with Crippen molar-refractivity contribution in [2.45, 2.75) is 38.3 Å². The number of rotatable bonds is 6. The van der Waals surface area contributed by atoms with Crippen LogP contribution in [0.1, 0.15) is 31.2 Å². The fourth-order valence-corrected chi connectivity index (χ4v) is 3.04. The molecule has 1 heterocycles. The van der Waals surface area contributed by atoms with E-state index in [9.17, 15) is 0 Å². The van der Waals surface area contributed by atoms with Crippen molar-refractivity contribution in [3.8, 4) is 0 Å². The third-order valence-electron chi connectivity index (χ3n) is 4.28. The largest absolute Gasteiger partial charge is 0.296 e. The third kappa shape index (κ3) is 2.97. The minimum absolute atomic E-state index is 0.750. The van der Waals surface area contributed by atoms with Gasteiger partial charge in [0.15, 0.2) is 0 Å². The molecule has 0 amide bonds. The van der Waals surface area contributed by atoms with E-state index in [-0.39, 0.29) is 0 Å². The summed E-state index contributed by atoms with van der Waals surface area (Å²) < 4.78 is 0. The van der Waals surface area contributed by atoms with E-state index in [1.54, 1.807) is 0 Å². The molecule has 1 aromatic heterocycles. The Balaban J connectivity index is 1.82. The van der Waals surface area contributed by atoms with Crippen molar-refractivity contribution < 1.29 is 0 Å². The van der Waals surface area contributed by atoms with Gasteiger partial charge in [-0.25, -0.2) is 0 Å². The van der Waals surface area contributed by atoms with E-state index in [4.69, 9.17) is 11.6 Å². The van der Waals surface area contributed by atoms with Crippen LogP contribution in [0.2, 0.25) is 0 Å². The molecule has 1 fully saturated rings. The normalized spacial score (nSPS) is 15.7. The van der Waals surface area contributed by atoms with Crippen molar-refractivity contribution in [1.82, 2.24) is 9.88 Å². The summed E-state index contributed by atoms with van der Waals surface area (Å²) in [4.78, 5) is 7.06. The second-order valence-corrected chi connectivity index (χ2v) is 5.96. The summed E-state index contributed by atoms with van der Waals surface area (Å²) in [6, 6.07) is 11.3. The lowest BCUT2D eigenvalue weighted by Crippen LogP contribution is -2.40. The van der Waals surface area contributed by atoms with E-state index in [1.165, 1.54) is 30.2 Å². The number of pyridine rings is 1. The molecule has 3 heteroatoms. The Bertz CT molecular complexity index is 560. The summed E-state index contributed by atoms with van der Waals surface area (Å²) in [5.41, 5.74) is 2.48. The Morgan fingerprint density at radius 1 is 1.20 bits per heavy atom. The van der Waals surface area contributed by atoms with Crippen molar-refractivity contribution in [2.75, 3.05) is 12.4 Å². The minimum atomic E-state index is 0.750.